The standard InChI is InChI=1S/C11H5Cl3N4/c12-6-1-2-7(8(13)5-6)10-16-17-11-9(14)15-3-4-18(10)11/h1-5H. The normalized spacial score (nSPS) is 11.1. The van der Waals surface area contributed by atoms with Gasteiger partial charge in [-0.05, 0) is 18.2 Å². The summed E-state index contributed by atoms with van der Waals surface area (Å²) in [4.78, 5) is 3.94. The van der Waals surface area contributed by atoms with E-state index in [0.29, 0.717) is 26.7 Å². The summed E-state index contributed by atoms with van der Waals surface area (Å²) in [5, 5.41) is 9.43. The molecule has 7 heteroatoms. The van der Waals surface area contributed by atoms with E-state index in [1.54, 1.807) is 35.0 Å². The molecule has 0 N–H and O–H groups in total. The fourth-order valence-corrected chi connectivity index (χ4v) is 2.33. The summed E-state index contributed by atoms with van der Waals surface area (Å²) in [6.07, 6.45) is 3.30. The topological polar surface area (TPSA) is 43.1 Å². The Labute approximate surface area is 117 Å². The van der Waals surface area contributed by atoms with Crippen LogP contribution in [-0.2, 0) is 0 Å². The Kier molecular flexibility index (Phi) is 2.86. The summed E-state index contributed by atoms with van der Waals surface area (Å²) < 4.78 is 1.73. The predicted molar refractivity (Wildman–Crippen MR) is 71.2 cm³/mol. The van der Waals surface area contributed by atoms with E-state index >= 15 is 0 Å². The second kappa shape index (κ2) is 4.39. The second-order valence-corrected chi connectivity index (χ2v) is 4.76. The summed E-state index contributed by atoms with van der Waals surface area (Å²) >= 11 is 17.9. The molecule has 0 bridgehead atoms. The second-order valence-electron chi connectivity index (χ2n) is 3.56. The zero-order valence-electron chi connectivity index (χ0n) is 8.81. The average molecular weight is 300 g/mol. The van der Waals surface area contributed by atoms with Crippen LogP contribution in [0, 0.1) is 0 Å². The quantitative estimate of drug-likeness (QED) is 0.687. The molecule has 18 heavy (non-hydrogen) atoms. The zero-order valence-corrected chi connectivity index (χ0v) is 11.1. The molecule has 0 atom stereocenters. The van der Waals surface area contributed by atoms with Crippen LogP contribution in [0.3, 0.4) is 0 Å². The molecule has 3 rings (SSSR count). The van der Waals surface area contributed by atoms with Crippen molar-refractivity contribution >= 4 is 40.4 Å². The van der Waals surface area contributed by atoms with Crippen LogP contribution in [0.1, 0.15) is 0 Å². The van der Waals surface area contributed by atoms with Crippen molar-refractivity contribution < 1.29 is 0 Å². The number of nitrogens with zero attached hydrogens (tertiary/aromatic N) is 4. The van der Waals surface area contributed by atoms with Gasteiger partial charge in [-0.2, -0.15) is 0 Å². The van der Waals surface area contributed by atoms with Gasteiger partial charge in [0.1, 0.15) is 0 Å². The predicted octanol–water partition coefficient (Wildman–Crippen LogP) is 3.75. The van der Waals surface area contributed by atoms with Gasteiger partial charge < -0.3 is 0 Å². The Morgan fingerprint density at radius 2 is 1.89 bits per heavy atom. The van der Waals surface area contributed by atoms with Gasteiger partial charge in [-0.3, -0.25) is 4.40 Å². The Hall–Kier alpha value is -1.36. The summed E-state index contributed by atoms with van der Waals surface area (Å²) in [7, 11) is 0. The maximum absolute atomic E-state index is 6.15. The number of benzene rings is 1. The number of fused-ring (bicyclic) bond motifs is 1. The highest BCUT2D eigenvalue weighted by atomic mass is 35.5. The Morgan fingerprint density at radius 1 is 1.06 bits per heavy atom. The van der Waals surface area contributed by atoms with Crippen LogP contribution in [-0.4, -0.2) is 19.6 Å². The lowest BCUT2D eigenvalue weighted by Gasteiger charge is -2.03. The summed E-state index contributed by atoms with van der Waals surface area (Å²) in [6, 6.07) is 5.18. The molecule has 0 saturated carbocycles. The van der Waals surface area contributed by atoms with Crippen molar-refractivity contribution in [1.29, 1.82) is 0 Å². The van der Waals surface area contributed by atoms with Crippen molar-refractivity contribution in [2.24, 2.45) is 0 Å². The number of aromatic nitrogens is 4. The number of hydrogen-bond donors (Lipinski definition) is 0. The lowest BCUT2D eigenvalue weighted by Crippen LogP contribution is -1.91. The van der Waals surface area contributed by atoms with Crippen LogP contribution in [0.2, 0.25) is 15.2 Å². The first kappa shape index (κ1) is 11.7. The first-order valence-electron chi connectivity index (χ1n) is 4.97. The van der Waals surface area contributed by atoms with E-state index in [2.05, 4.69) is 15.2 Å². The Morgan fingerprint density at radius 3 is 2.67 bits per heavy atom. The van der Waals surface area contributed by atoms with Crippen molar-refractivity contribution in [3.63, 3.8) is 0 Å². The molecule has 0 fully saturated rings. The van der Waals surface area contributed by atoms with E-state index in [1.165, 1.54) is 0 Å². The molecule has 0 aliphatic heterocycles. The third kappa shape index (κ3) is 1.82. The minimum absolute atomic E-state index is 0.293. The van der Waals surface area contributed by atoms with Crippen molar-refractivity contribution in [1.82, 2.24) is 19.6 Å². The molecule has 90 valence electrons. The summed E-state index contributed by atoms with van der Waals surface area (Å²) in [5.74, 6) is 0.593. The summed E-state index contributed by atoms with van der Waals surface area (Å²) in [5.41, 5.74) is 1.22. The largest absolute Gasteiger partial charge is 0.278 e. The number of halogens is 3. The molecular weight excluding hydrogens is 295 g/mol. The van der Waals surface area contributed by atoms with Gasteiger partial charge in [0.2, 0.25) is 0 Å². The molecular formula is C11H5Cl3N4. The van der Waals surface area contributed by atoms with E-state index in [4.69, 9.17) is 34.8 Å². The average Bonchev–Trinajstić information content (AvgIpc) is 2.74. The van der Waals surface area contributed by atoms with Crippen LogP contribution in [0.4, 0.5) is 0 Å². The van der Waals surface area contributed by atoms with E-state index < -0.39 is 0 Å². The summed E-state index contributed by atoms with van der Waals surface area (Å²) in [6.45, 7) is 0. The van der Waals surface area contributed by atoms with Gasteiger partial charge in [0.25, 0.3) is 0 Å². The molecule has 2 aromatic heterocycles. The number of hydrogen-bond acceptors (Lipinski definition) is 3. The van der Waals surface area contributed by atoms with Crippen LogP contribution >= 0.6 is 34.8 Å². The highest BCUT2D eigenvalue weighted by Crippen LogP contribution is 2.29. The first-order valence-corrected chi connectivity index (χ1v) is 6.11. The zero-order chi connectivity index (χ0) is 12.7. The van der Waals surface area contributed by atoms with Gasteiger partial charge in [-0.15, -0.1) is 10.2 Å². The minimum atomic E-state index is 0.293. The number of rotatable bonds is 1. The molecule has 0 saturated heterocycles. The van der Waals surface area contributed by atoms with Crippen LogP contribution < -0.4 is 0 Å². The van der Waals surface area contributed by atoms with E-state index in [-0.39, 0.29) is 0 Å². The molecule has 0 aliphatic rings. The Bertz CT molecular complexity index is 738. The highest BCUT2D eigenvalue weighted by molar-refractivity contribution is 6.36. The first-order chi connectivity index (χ1) is 8.66. The fourth-order valence-electron chi connectivity index (χ4n) is 1.65. The Balaban J connectivity index is 2.29. The molecule has 2 heterocycles. The lowest BCUT2D eigenvalue weighted by molar-refractivity contribution is 1.11. The minimum Gasteiger partial charge on any atom is -0.278 e. The fraction of sp³-hybridized carbons (Fsp3) is 0. The maximum atomic E-state index is 6.15. The smallest absolute Gasteiger partial charge is 0.198 e. The van der Waals surface area contributed by atoms with Crippen molar-refractivity contribution in [3.05, 3.63) is 45.8 Å². The van der Waals surface area contributed by atoms with Gasteiger partial charge >= 0.3 is 0 Å². The molecule has 0 radical (unpaired) electrons. The molecule has 0 aliphatic carbocycles. The van der Waals surface area contributed by atoms with E-state index in [1.807, 2.05) is 0 Å². The van der Waals surface area contributed by atoms with Crippen molar-refractivity contribution in [3.8, 4) is 11.4 Å². The lowest BCUT2D eigenvalue weighted by atomic mass is 10.2. The third-order valence-corrected chi connectivity index (χ3v) is 3.27. The monoisotopic (exact) mass is 298 g/mol. The maximum Gasteiger partial charge on any atom is 0.198 e. The third-order valence-electron chi connectivity index (χ3n) is 2.46. The SMILES string of the molecule is Clc1ccc(-c2nnc3c(Cl)nccn23)c(Cl)c1. The van der Waals surface area contributed by atoms with E-state index in [0.717, 1.165) is 5.56 Å². The molecule has 3 aromatic rings. The van der Waals surface area contributed by atoms with Gasteiger partial charge in [0.05, 0.1) is 5.02 Å². The molecule has 0 spiro atoms. The van der Waals surface area contributed by atoms with Gasteiger partial charge in [0, 0.05) is 23.0 Å². The van der Waals surface area contributed by atoms with Gasteiger partial charge in [0.15, 0.2) is 16.6 Å². The molecule has 0 amide bonds. The highest BCUT2D eigenvalue weighted by Gasteiger charge is 2.13. The van der Waals surface area contributed by atoms with Crippen molar-refractivity contribution in [2.75, 3.05) is 0 Å². The van der Waals surface area contributed by atoms with E-state index in [9.17, 15) is 0 Å². The molecule has 4 nitrogen and oxygen atoms in total. The van der Waals surface area contributed by atoms with Crippen molar-refractivity contribution in [2.45, 2.75) is 0 Å². The molecule has 1 aromatic carbocycles. The van der Waals surface area contributed by atoms with Crippen LogP contribution in [0.15, 0.2) is 30.6 Å². The van der Waals surface area contributed by atoms with Gasteiger partial charge in [-0.1, -0.05) is 34.8 Å². The van der Waals surface area contributed by atoms with Crippen LogP contribution in [0.5, 0.6) is 0 Å². The van der Waals surface area contributed by atoms with Crippen LogP contribution in [0.25, 0.3) is 17.0 Å². The molecule has 0 unspecified atom stereocenters. The van der Waals surface area contributed by atoms with Gasteiger partial charge in [-0.25, -0.2) is 4.98 Å².